The summed E-state index contributed by atoms with van der Waals surface area (Å²) < 4.78 is 39.4. The molecule has 0 aliphatic rings. The molecular formula is C16H10ClF3N4S. The summed E-state index contributed by atoms with van der Waals surface area (Å²) in [5.41, 5.74) is 0.519. The fourth-order valence-electron chi connectivity index (χ4n) is 2.07. The van der Waals surface area contributed by atoms with Gasteiger partial charge in [0, 0.05) is 10.6 Å². The topological polar surface area (TPSA) is 46.0 Å². The lowest BCUT2D eigenvalue weighted by Gasteiger charge is -2.06. The fraction of sp³-hybridized carbons (Fsp3) is 0.0625. The van der Waals surface area contributed by atoms with Gasteiger partial charge < -0.3 is 0 Å². The SMILES string of the molecule is FC(F)(F)c1ccc(/C=N\n2c(-c3ccc(Cl)cc3)n[nH]c2=S)cc1. The van der Waals surface area contributed by atoms with Crippen LogP contribution in [0.1, 0.15) is 11.1 Å². The molecule has 1 aromatic heterocycles. The van der Waals surface area contributed by atoms with Crippen molar-refractivity contribution < 1.29 is 13.2 Å². The van der Waals surface area contributed by atoms with E-state index >= 15 is 0 Å². The lowest BCUT2D eigenvalue weighted by atomic mass is 10.1. The summed E-state index contributed by atoms with van der Waals surface area (Å²) in [7, 11) is 0. The summed E-state index contributed by atoms with van der Waals surface area (Å²) in [5, 5.41) is 11.5. The maximum atomic E-state index is 12.6. The van der Waals surface area contributed by atoms with Crippen LogP contribution in [-0.2, 0) is 6.18 Å². The molecule has 0 saturated carbocycles. The predicted molar refractivity (Wildman–Crippen MR) is 92.3 cm³/mol. The molecule has 0 bridgehead atoms. The monoisotopic (exact) mass is 382 g/mol. The van der Waals surface area contributed by atoms with Crippen LogP contribution >= 0.6 is 23.8 Å². The van der Waals surface area contributed by atoms with E-state index in [9.17, 15) is 13.2 Å². The average molecular weight is 383 g/mol. The van der Waals surface area contributed by atoms with Crippen LogP contribution in [0, 0.1) is 4.77 Å². The third-order valence-corrected chi connectivity index (χ3v) is 3.83. The van der Waals surface area contributed by atoms with Crippen LogP contribution in [0.5, 0.6) is 0 Å². The van der Waals surface area contributed by atoms with Crippen molar-refractivity contribution in [3.05, 3.63) is 69.5 Å². The normalized spacial score (nSPS) is 12.0. The summed E-state index contributed by atoms with van der Waals surface area (Å²) in [6.45, 7) is 0. The number of alkyl halides is 3. The maximum absolute atomic E-state index is 12.6. The molecule has 9 heteroatoms. The smallest absolute Gasteiger partial charge is 0.250 e. The first kappa shape index (κ1) is 17.4. The molecule has 0 aliphatic carbocycles. The van der Waals surface area contributed by atoms with E-state index in [1.165, 1.54) is 23.0 Å². The zero-order chi connectivity index (χ0) is 18.0. The van der Waals surface area contributed by atoms with Crippen molar-refractivity contribution in [2.24, 2.45) is 5.10 Å². The second-order valence-corrected chi connectivity index (χ2v) is 5.86. The van der Waals surface area contributed by atoms with Gasteiger partial charge in [-0.05, 0) is 54.2 Å². The van der Waals surface area contributed by atoms with Gasteiger partial charge in [0.25, 0.3) is 0 Å². The highest BCUT2D eigenvalue weighted by molar-refractivity contribution is 7.71. The molecular weight excluding hydrogens is 373 g/mol. The van der Waals surface area contributed by atoms with Crippen molar-refractivity contribution >= 4 is 30.0 Å². The van der Waals surface area contributed by atoms with E-state index in [2.05, 4.69) is 15.3 Å². The van der Waals surface area contributed by atoms with Gasteiger partial charge in [-0.2, -0.15) is 28.0 Å². The number of hydrogen-bond acceptors (Lipinski definition) is 3. The molecule has 1 heterocycles. The molecule has 0 spiro atoms. The molecule has 25 heavy (non-hydrogen) atoms. The van der Waals surface area contributed by atoms with Crippen molar-refractivity contribution in [3.8, 4) is 11.4 Å². The Morgan fingerprint density at radius 1 is 1.08 bits per heavy atom. The molecule has 0 unspecified atom stereocenters. The van der Waals surface area contributed by atoms with E-state index in [0.717, 1.165) is 17.7 Å². The quantitative estimate of drug-likeness (QED) is 0.502. The Morgan fingerprint density at radius 2 is 1.72 bits per heavy atom. The number of nitrogens with one attached hydrogen (secondary N) is 1. The first-order chi connectivity index (χ1) is 11.8. The van der Waals surface area contributed by atoms with Crippen molar-refractivity contribution in [1.29, 1.82) is 0 Å². The van der Waals surface area contributed by atoms with Crippen molar-refractivity contribution in [3.63, 3.8) is 0 Å². The Morgan fingerprint density at radius 3 is 2.32 bits per heavy atom. The van der Waals surface area contributed by atoms with Crippen molar-refractivity contribution in [2.75, 3.05) is 0 Å². The van der Waals surface area contributed by atoms with Gasteiger partial charge in [-0.15, -0.1) is 0 Å². The molecule has 0 amide bonds. The van der Waals surface area contributed by atoms with Gasteiger partial charge in [0.1, 0.15) is 0 Å². The molecule has 3 aromatic rings. The third-order valence-electron chi connectivity index (χ3n) is 3.31. The summed E-state index contributed by atoms with van der Waals surface area (Å²) in [6, 6.07) is 11.6. The van der Waals surface area contributed by atoms with Crippen molar-refractivity contribution in [2.45, 2.75) is 6.18 Å². The van der Waals surface area contributed by atoms with E-state index in [1.54, 1.807) is 24.3 Å². The minimum Gasteiger partial charge on any atom is -0.250 e. The van der Waals surface area contributed by atoms with Crippen LogP contribution in [0.25, 0.3) is 11.4 Å². The summed E-state index contributed by atoms with van der Waals surface area (Å²) in [5.74, 6) is 0.463. The second kappa shape index (κ2) is 6.81. The number of rotatable bonds is 3. The number of nitrogens with zero attached hydrogens (tertiary/aromatic N) is 3. The molecule has 1 N–H and O–H groups in total. The Kier molecular flexibility index (Phi) is 4.73. The van der Waals surface area contributed by atoms with Gasteiger partial charge >= 0.3 is 6.18 Å². The predicted octanol–water partition coefficient (Wildman–Crippen LogP) is 5.16. The van der Waals surface area contributed by atoms with Gasteiger partial charge in [-0.3, -0.25) is 0 Å². The second-order valence-electron chi connectivity index (χ2n) is 5.04. The van der Waals surface area contributed by atoms with E-state index in [-0.39, 0.29) is 4.77 Å². The van der Waals surface area contributed by atoms with Crippen LogP contribution in [0.4, 0.5) is 13.2 Å². The molecule has 3 rings (SSSR count). The highest BCUT2D eigenvalue weighted by Crippen LogP contribution is 2.29. The number of H-pyrrole nitrogens is 1. The molecule has 0 radical (unpaired) electrons. The molecule has 0 aliphatic heterocycles. The Hall–Kier alpha value is -2.45. The van der Waals surface area contributed by atoms with E-state index < -0.39 is 11.7 Å². The molecule has 2 aromatic carbocycles. The first-order valence-electron chi connectivity index (χ1n) is 6.99. The van der Waals surface area contributed by atoms with Gasteiger partial charge in [-0.25, -0.2) is 5.10 Å². The van der Waals surface area contributed by atoms with Crippen LogP contribution in [-0.4, -0.2) is 21.1 Å². The highest BCUT2D eigenvalue weighted by Gasteiger charge is 2.29. The van der Waals surface area contributed by atoms with Gasteiger partial charge in [0.05, 0.1) is 11.8 Å². The number of aromatic nitrogens is 3. The Balaban J connectivity index is 1.90. The minimum absolute atomic E-state index is 0.258. The van der Waals surface area contributed by atoms with Gasteiger partial charge in [0.15, 0.2) is 5.82 Å². The number of aromatic amines is 1. The van der Waals surface area contributed by atoms with Crippen molar-refractivity contribution in [1.82, 2.24) is 14.9 Å². The van der Waals surface area contributed by atoms with E-state index in [4.69, 9.17) is 23.8 Å². The van der Waals surface area contributed by atoms with E-state index in [0.29, 0.717) is 16.4 Å². The summed E-state index contributed by atoms with van der Waals surface area (Å²) in [6.07, 6.45) is -2.96. The van der Waals surface area contributed by atoms with E-state index in [1.807, 2.05) is 0 Å². The van der Waals surface area contributed by atoms with Gasteiger partial charge in [0.2, 0.25) is 4.77 Å². The minimum atomic E-state index is -4.37. The zero-order valence-electron chi connectivity index (χ0n) is 12.5. The molecule has 128 valence electrons. The Labute approximate surface area is 150 Å². The van der Waals surface area contributed by atoms with Crippen LogP contribution in [0.15, 0.2) is 53.6 Å². The average Bonchev–Trinajstić information content (AvgIpc) is 2.94. The standard InChI is InChI=1S/C16H10ClF3N4S/c17-13-7-3-11(4-8-13)14-22-23-15(25)24(14)21-9-10-1-5-12(6-2-10)16(18,19)20/h1-9H,(H,23,25)/b21-9-. The zero-order valence-corrected chi connectivity index (χ0v) is 14.0. The third kappa shape index (κ3) is 3.97. The lowest BCUT2D eigenvalue weighted by Crippen LogP contribution is -2.04. The summed E-state index contributed by atoms with van der Waals surface area (Å²) in [4.78, 5) is 0. The Bertz CT molecular complexity index is 957. The van der Waals surface area contributed by atoms with Crippen LogP contribution in [0.3, 0.4) is 0 Å². The number of halogens is 4. The van der Waals surface area contributed by atoms with Gasteiger partial charge in [-0.1, -0.05) is 23.7 Å². The molecule has 0 fully saturated rings. The largest absolute Gasteiger partial charge is 0.416 e. The summed E-state index contributed by atoms with van der Waals surface area (Å²) >= 11 is 11.0. The van der Waals surface area contributed by atoms with Crippen LogP contribution < -0.4 is 0 Å². The number of benzene rings is 2. The van der Waals surface area contributed by atoms with Crippen LogP contribution in [0.2, 0.25) is 5.02 Å². The fourth-order valence-corrected chi connectivity index (χ4v) is 2.37. The highest BCUT2D eigenvalue weighted by atomic mass is 35.5. The first-order valence-corrected chi connectivity index (χ1v) is 7.78. The molecule has 4 nitrogen and oxygen atoms in total. The molecule has 0 atom stereocenters. The number of hydrogen-bond donors (Lipinski definition) is 1. The lowest BCUT2D eigenvalue weighted by molar-refractivity contribution is -0.137. The molecule has 0 saturated heterocycles. The maximum Gasteiger partial charge on any atom is 0.416 e.